The highest BCUT2D eigenvalue weighted by Crippen LogP contribution is 2.20. The van der Waals surface area contributed by atoms with Crippen LogP contribution in [0.15, 0.2) is 18.2 Å². The van der Waals surface area contributed by atoms with E-state index in [1.807, 2.05) is 0 Å². The van der Waals surface area contributed by atoms with Gasteiger partial charge in [0.15, 0.2) is 0 Å². The zero-order valence-corrected chi connectivity index (χ0v) is 10.8. The highest BCUT2D eigenvalue weighted by atomic mass is 16.5. The van der Waals surface area contributed by atoms with Crippen molar-refractivity contribution >= 4 is 5.91 Å². The Morgan fingerprint density at radius 3 is 2.63 bits per heavy atom. The Morgan fingerprint density at radius 1 is 1.26 bits per heavy atom. The molecule has 1 heterocycles. The lowest BCUT2D eigenvalue weighted by molar-refractivity contribution is 0.0117. The van der Waals surface area contributed by atoms with E-state index in [0.29, 0.717) is 6.54 Å². The molecule has 0 bridgehead atoms. The van der Waals surface area contributed by atoms with Gasteiger partial charge in [0, 0.05) is 24.8 Å². The van der Waals surface area contributed by atoms with Gasteiger partial charge >= 0.3 is 0 Å². The maximum absolute atomic E-state index is 11.8. The van der Waals surface area contributed by atoms with Crippen LogP contribution in [0.5, 0.6) is 11.5 Å². The average Bonchev–Trinajstić information content (AvgIpc) is 2.38. The van der Waals surface area contributed by atoms with E-state index >= 15 is 0 Å². The quantitative estimate of drug-likeness (QED) is 0.775. The molecule has 0 aromatic heterocycles. The molecular weight excluding hydrogens is 246 g/mol. The van der Waals surface area contributed by atoms with Crippen LogP contribution < -0.4 is 5.32 Å². The fourth-order valence-corrected chi connectivity index (χ4v) is 2.21. The maximum Gasteiger partial charge on any atom is 0.251 e. The van der Waals surface area contributed by atoms with Crippen molar-refractivity contribution in [3.63, 3.8) is 0 Å². The van der Waals surface area contributed by atoms with E-state index in [1.54, 1.807) is 0 Å². The molecule has 104 valence electrons. The van der Waals surface area contributed by atoms with Gasteiger partial charge < -0.3 is 20.3 Å². The lowest BCUT2D eigenvalue weighted by atomic mass is 10.1. The molecule has 1 amide bonds. The van der Waals surface area contributed by atoms with Crippen molar-refractivity contribution in [2.24, 2.45) is 0 Å². The largest absolute Gasteiger partial charge is 0.508 e. The lowest BCUT2D eigenvalue weighted by Gasteiger charge is -2.22. The van der Waals surface area contributed by atoms with Gasteiger partial charge in [0.05, 0.1) is 6.10 Å². The second kappa shape index (κ2) is 6.43. The molecule has 2 rings (SSSR count). The number of rotatable bonds is 4. The number of carbonyl (C=O) groups excluding carboxylic acids is 1. The summed E-state index contributed by atoms with van der Waals surface area (Å²) in [5, 5.41) is 21.4. The minimum Gasteiger partial charge on any atom is -0.508 e. The fourth-order valence-electron chi connectivity index (χ4n) is 2.21. The van der Waals surface area contributed by atoms with Gasteiger partial charge in [-0.25, -0.2) is 0 Å². The van der Waals surface area contributed by atoms with E-state index < -0.39 is 0 Å². The zero-order chi connectivity index (χ0) is 13.7. The lowest BCUT2D eigenvalue weighted by Crippen LogP contribution is -2.29. The van der Waals surface area contributed by atoms with E-state index in [2.05, 4.69) is 5.32 Å². The third-order valence-electron chi connectivity index (χ3n) is 3.19. The van der Waals surface area contributed by atoms with Gasteiger partial charge in [-0.1, -0.05) is 0 Å². The molecule has 1 aromatic rings. The number of ether oxygens (including phenoxy) is 1. The average molecular weight is 265 g/mol. The highest BCUT2D eigenvalue weighted by molar-refractivity contribution is 5.95. The van der Waals surface area contributed by atoms with Crippen LogP contribution in [0, 0.1) is 0 Å². The molecule has 0 aliphatic carbocycles. The number of hydrogen-bond acceptors (Lipinski definition) is 4. The van der Waals surface area contributed by atoms with Gasteiger partial charge in [-0.15, -0.1) is 0 Å². The Hall–Kier alpha value is -1.75. The summed E-state index contributed by atoms with van der Waals surface area (Å²) in [7, 11) is 0. The van der Waals surface area contributed by atoms with Crippen molar-refractivity contribution in [2.75, 3.05) is 13.2 Å². The van der Waals surface area contributed by atoms with E-state index in [4.69, 9.17) is 4.74 Å². The van der Waals surface area contributed by atoms with Crippen LogP contribution in [0.2, 0.25) is 0 Å². The molecule has 5 heteroatoms. The van der Waals surface area contributed by atoms with E-state index in [-0.39, 0.29) is 29.1 Å². The molecule has 1 atom stereocenters. The third-order valence-corrected chi connectivity index (χ3v) is 3.19. The van der Waals surface area contributed by atoms with E-state index in [9.17, 15) is 15.0 Å². The van der Waals surface area contributed by atoms with Crippen LogP contribution in [0.3, 0.4) is 0 Å². The van der Waals surface area contributed by atoms with Crippen LogP contribution in [-0.2, 0) is 4.74 Å². The number of hydrogen-bond donors (Lipinski definition) is 3. The summed E-state index contributed by atoms with van der Waals surface area (Å²) in [6.45, 7) is 1.33. The first-order valence-electron chi connectivity index (χ1n) is 6.58. The summed E-state index contributed by atoms with van der Waals surface area (Å²) in [5.74, 6) is -0.552. The van der Waals surface area contributed by atoms with E-state index in [0.717, 1.165) is 25.9 Å². The van der Waals surface area contributed by atoms with E-state index in [1.165, 1.54) is 24.6 Å². The normalized spacial score (nSPS) is 19.1. The van der Waals surface area contributed by atoms with Gasteiger partial charge in [0.25, 0.3) is 5.91 Å². The van der Waals surface area contributed by atoms with Crippen molar-refractivity contribution in [1.29, 1.82) is 0 Å². The van der Waals surface area contributed by atoms with Crippen molar-refractivity contribution in [2.45, 2.75) is 31.8 Å². The Kier molecular flexibility index (Phi) is 4.63. The number of carbonyl (C=O) groups is 1. The standard InChI is InChI=1S/C14H19NO4/c16-11-7-10(8-12(17)9-11)14(18)15-5-4-13-3-1-2-6-19-13/h7-9,13,16-17H,1-6H2,(H,15,18). The summed E-state index contributed by atoms with van der Waals surface area (Å²) in [4.78, 5) is 11.8. The summed E-state index contributed by atoms with van der Waals surface area (Å²) in [5.41, 5.74) is 0.252. The molecule has 5 nitrogen and oxygen atoms in total. The van der Waals surface area contributed by atoms with Crippen LogP contribution >= 0.6 is 0 Å². The van der Waals surface area contributed by atoms with Crippen LogP contribution in [0.4, 0.5) is 0 Å². The molecule has 0 radical (unpaired) electrons. The van der Waals surface area contributed by atoms with Gasteiger partial charge in [-0.2, -0.15) is 0 Å². The van der Waals surface area contributed by atoms with Crippen molar-refractivity contribution in [3.05, 3.63) is 23.8 Å². The minimum absolute atomic E-state index is 0.124. The highest BCUT2D eigenvalue weighted by Gasteiger charge is 2.14. The first kappa shape index (κ1) is 13.7. The summed E-state index contributed by atoms with van der Waals surface area (Å²) in [6.07, 6.45) is 4.36. The van der Waals surface area contributed by atoms with Crippen molar-refractivity contribution in [3.8, 4) is 11.5 Å². The number of phenolic OH excluding ortho intramolecular Hbond substituents is 2. The fraction of sp³-hybridized carbons (Fsp3) is 0.500. The molecule has 0 saturated carbocycles. The number of benzene rings is 1. The molecule has 1 aromatic carbocycles. The molecule has 1 unspecified atom stereocenters. The molecular formula is C14H19NO4. The first-order valence-corrected chi connectivity index (χ1v) is 6.58. The van der Waals surface area contributed by atoms with Crippen molar-refractivity contribution < 1.29 is 19.7 Å². The molecule has 1 saturated heterocycles. The third kappa shape index (κ3) is 4.13. The van der Waals surface area contributed by atoms with Crippen molar-refractivity contribution in [1.82, 2.24) is 5.32 Å². The number of aromatic hydroxyl groups is 2. The Morgan fingerprint density at radius 2 is 2.00 bits per heavy atom. The van der Waals surface area contributed by atoms with Crippen LogP contribution in [-0.4, -0.2) is 35.4 Å². The molecule has 3 N–H and O–H groups in total. The topological polar surface area (TPSA) is 78.8 Å². The number of phenols is 2. The Labute approximate surface area is 112 Å². The smallest absolute Gasteiger partial charge is 0.251 e. The number of amides is 1. The first-order chi connectivity index (χ1) is 9.15. The molecule has 1 aliphatic heterocycles. The second-order valence-corrected chi connectivity index (χ2v) is 4.77. The maximum atomic E-state index is 11.8. The minimum atomic E-state index is -0.304. The zero-order valence-electron chi connectivity index (χ0n) is 10.8. The van der Waals surface area contributed by atoms with Gasteiger partial charge in [0.2, 0.25) is 0 Å². The summed E-state index contributed by atoms with van der Waals surface area (Å²) in [6, 6.07) is 3.84. The van der Waals surface area contributed by atoms with Gasteiger partial charge in [-0.05, 0) is 37.8 Å². The van der Waals surface area contributed by atoms with Gasteiger partial charge in [-0.3, -0.25) is 4.79 Å². The SMILES string of the molecule is O=C(NCCC1CCCCO1)c1cc(O)cc(O)c1. The predicted octanol–water partition coefficient (Wildman–Crippen LogP) is 1.79. The summed E-state index contributed by atoms with van der Waals surface area (Å²) >= 11 is 0. The van der Waals surface area contributed by atoms with Crippen LogP contribution in [0.1, 0.15) is 36.0 Å². The van der Waals surface area contributed by atoms with Crippen LogP contribution in [0.25, 0.3) is 0 Å². The second-order valence-electron chi connectivity index (χ2n) is 4.77. The monoisotopic (exact) mass is 265 g/mol. The summed E-state index contributed by atoms with van der Waals surface area (Å²) < 4.78 is 5.57. The molecule has 0 spiro atoms. The predicted molar refractivity (Wildman–Crippen MR) is 70.3 cm³/mol. The Balaban J connectivity index is 1.80. The molecule has 19 heavy (non-hydrogen) atoms. The molecule has 1 fully saturated rings. The Bertz CT molecular complexity index is 421. The van der Waals surface area contributed by atoms with Gasteiger partial charge in [0.1, 0.15) is 11.5 Å². The number of nitrogens with one attached hydrogen (secondary N) is 1. The molecule has 1 aliphatic rings.